The number of non-ortho nitro benzene ring substituents is 1. The molecule has 2 atom stereocenters. The number of nitrogens with one attached hydrogen (secondary N) is 1. The third-order valence-corrected chi connectivity index (χ3v) is 11.0. The van der Waals surface area contributed by atoms with Crippen molar-refractivity contribution < 1.29 is 28.8 Å². The highest BCUT2D eigenvalue weighted by Crippen LogP contribution is 2.50. The molecule has 0 unspecified atom stereocenters. The first-order chi connectivity index (χ1) is 26.7. The lowest BCUT2D eigenvalue weighted by Gasteiger charge is -2.44. The average Bonchev–Trinajstić information content (AvgIpc) is 3.20. The van der Waals surface area contributed by atoms with Crippen LogP contribution in [-0.4, -0.2) is 43.0 Å². The predicted molar refractivity (Wildman–Crippen MR) is 212 cm³/mol. The van der Waals surface area contributed by atoms with E-state index in [1.807, 2.05) is 48.5 Å². The van der Waals surface area contributed by atoms with Crippen molar-refractivity contribution in [1.82, 2.24) is 5.32 Å². The molecule has 0 spiro atoms. The first kappa shape index (κ1) is 35.7. The van der Waals surface area contributed by atoms with Crippen molar-refractivity contribution in [2.75, 3.05) is 30.0 Å². The molecule has 55 heavy (non-hydrogen) atoms. The van der Waals surface area contributed by atoms with Crippen LogP contribution in [0.4, 0.5) is 21.9 Å². The van der Waals surface area contributed by atoms with E-state index in [2.05, 4.69) is 50.4 Å². The fourth-order valence-corrected chi connectivity index (χ4v) is 8.43. The Morgan fingerprint density at radius 3 is 2.02 bits per heavy atom. The minimum Gasteiger partial charge on any atom is -0.493 e. The fourth-order valence-electron chi connectivity index (χ4n) is 7.86. The third-order valence-electron chi connectivity index (χ3n) is 10.5. The van der Waals surface area contributed by atoms with Crippen LogP contribution in [0.15, 0.2) is 119 Å². The number of barbiturate groups is 1. The smallest absolute Gasteiger partial charge is 0.335 e. The number of nitro groups is 1. The van der Waals surface area contributed by atoms with Crippen LogP contribution < -0.4 is 24.6 Å². The minimum atomic E-state index is -0.816. The van der Waals surface area contributed by atoms with Crippen LogP contribution in [-0.2, 0) is 16.2 Å². The molecule has 0 saturated carbocycles. The number of ether oxygens (including phenoxy) is 2. The number of nitro benzene ring substituents is 1. The van der Waals surface area contributed by atoms with E-state index in [0.29, 0.717) is 32.8 Å². The molecule has 3 aliphatic heterocycles. The van der Waals surface area contributed by atoms with E-state index in [1.54, 1.807) is 24.3 Å². The van der Waals surface area contributed by atoms with Crippen molar-refractivity contribution in [2.45, 2.75) is 31.3 Å². The first-order valence-electron chi connectivity index (χ1n) is 17.9. The summed E-state index contributed by atoms with van der Waals surface area (Å²) in [6.07, 6.45) is 3.18. The van der Waals surface area contributed by atoms with Gasteiger partial charge in [-0.3, -0.25) is 25.0 Å². The van der Waals surface area contributed by atoms with Crippen LogP contribution in [0.25, 0.3) is 6.08 Å². The van der Waals surface area contributed by atoms with Crippen molar-refractivity contribution in [3.8, 4) is 11.5 Å². The van der Waals surface area contributed by atoms with Gasteiger partial charge in [-0.1, -0.05) is 60.7 Å². The molecule has 0 aliphatic carbocycles. The maximum Gasteiger partial charge on any atom is 0.335 e. The molecule has 4 amide bonds. The number of amides is 4. The number of halogens is 1. The molecule has 11 nitrogen and oxygen atoms in total. The highest BCUT2D eigenvalue weighted by atomic mass is 79.9. The molecule has 5 aromatic rings. The second-order valence-corrected chi connectivity index (χ2v) is 14.5. The number of methoxy groups -OCH3 is 1. The van der Waals surface area contributed by atoms with E-state index < -0.39 is 22.8 Å². The molecule has 0 aromatic heterocycles. The fraction of sp³-hybridized carbons (Fsp3) is 0.186. The quantitative estimate of drug-likeness (QED) is 0.0680. The highest BCUT2D eigenvalue weighted by molar-refractivity contribution is 9.10. The lowest BCUT2D eigenvalue weighted by atomic mass is 9.76. The molecule has 0 bridgehead atoms. The van der Waals surface area contributed by atoms with Crippen LogP contribution in [0.1, 0.15) is 58.1 Å². The van der Waals surface area contributed by atoms with Crippen molar-refractivity contribution in [2.24, 2.45) is 0 Å². The van der Waals surface area contributed by atoms with Gasteiger partial charge in [-0.15, -0.1) is 0 Å². The lowest BCUT2D eigenvalue weighted by molar-refractivity contribution is -0.384. The minimum absolute atomic E-state index is 0.0258. The van der Waals surface area contributed by atoms with Gasteiger partial charge in [0.1, 0.15) is 12.2 Å². The van der Waals surface area contributed by atoms with Gasteiger partial charge in [0.2, 0.25) is 0 Å². The van der Waals surface area contributed by atoms with Crippen molar-refractivity contribution >= 4 is 56.9 Å². The Bertz CT molecular complexity index is 2290. The van der Waals surface area contributed by atoms with Gasteiger partial charge in [-0.2, -0.15) is 0 Å². The zero-order chi connectivity index (χ0) is 38.2. The summed E-state index contributed by atoms with van der Waals surface area (Å²) >= 11 is 3.53. The molecule has 12 heteroatoms. The Balaban J connectivity index is 1.16. The predicted octanol–water partition coefficient (Wildman–Crippen LogP) is 8.49. The number of anilines is 2. The number of rotatable bonds is 9. The summed E-state index contributed by atoms with van der Waals surface area (Å²) in [5.74, 6) is -0.785. The van der Waals surface area contributed by atoms with Crippen LogP contribution >= 0.6 is 15.9 Å². The van der Waals surface area contributed by atoms with Crippen LogP contribution in [0, 0.1) is 10.1 Å². The maximum absolute atomic E-state index is 14.4. The number of benzene rings is 5. The number of hydrogen-bond acceptors (Lipinski definition) is 8. The number of imide groups is 2. The van der Waals surface area contributed by atoms with E-state index >= 15 is 0 Å². The Morgan fingerprint density at radius 1 is 0.855 bits per heavy atom. The number of carbonyl (C=O) groups excluding carboxylic acids is 3. The number of urea groups is 1. The Labute approximate surface area is 325 Å². The summed E-state index contributed by atoms with van der Waals surface area (Å²) in [6, 6.07) is 33.0. The molecule has 5 aromatic carbocycles. The summed E-state index contributed by atoms with van der Waals surface area (Å²) in [7, 11) is 1.46. The van der Waals surface area contributed by atoms with Crippen LogP contribution in [0.5, 0.6) is 11.5 Å². The molecule has 1 N–H and O–H groups in total. The summed E-state index contributed by atoms with van der Waals surface area (Å²) in [6.45, 7) is 1.89. The average molecular weight is 800 g/mol. The van der Waals surface area contributed by atoms with E-state index in [-0.39, 0.29) is 29.7 Å². The summed E-state index contributed by atoms with van der Waals surface area (Å²) < 4.78 is 12.1. The lowest BCUT2D eigenvalue weighted by Crippen LogP contribution is -2.54. The third kappa shape index (κ3) is 6.85. The highest BCUT2D eigenvalue weighted by Gasteiger charge is 2.40. The van der Waals surface area contributed by atoms with E-state index in [9.17, 15) is 24.5 Å². The van der Waals surface area contributed by atoms with Gasteiger partial charge in [0, 0.05) is 42.7 Å². The number of hydrogen-bond donors (Lipinski definition) is 1. The van der Waals surface area contributed by atoms with Gasteiger partial charge in [-0.05, 0) is 105 Å². The summed E-state index contributed by atoms with van der Waals surface area (Å²) in [5, 5.41) is 13.4. The number of nitrogens with zero attached hydrogens (tertiary/aromatic N) is 3. The zero-order valence-corrected chi connectivity index (χ0v) is 31.3. The normalized spacial score (nSPS) is 18.5. The molecular formula is C43H35BrN4O7. The molecule has 1 fully saturated rings. The molecule has 3 heterocycles. The zero-order valence-electron chi connectivity index (χ0n) is 29.7. The van der Waals surface area contributed by atoms with Crippen LogP contribution in [0.2, 0.25) is 0 Å². The monoisotopic (exact) mass is 798 g/mol. The van der Waals surface area contributed by atoms with Crippen molar-refractivity contribution in [3.63, 3.8) is 0 Å². The molecule has 276 valence electrons. The molecular weight excluding hydrogens is 764 g/mol. The Kier molecular flexibility index (Phi) is 9.66. The molecule has 3 aliphatic rings. The van der Waals surface area contributed by atoms with Gasteiger partial charge < -0.3 is 14.4 Å². The Hall–Kier alpha value is -6.27. The number of carbonyl (C=O) groups is 3. The van der Waals surface area contributed by atoms with Gasteiger partial charge in [0.05, 0.1) is 22.2 Å². The van der Waals surface area contributed by atoms with Gasteiger partial charge in [0.15, 0.2) is 11.5 Å². The molecule has 1 saturated heterocycles. The van der Waals surface area contributed by atoms with Crippen molar-refractivity contribution in [3.05, 3.63) is 163 Å². The van der Waals surface area contributed by atoms with E-state index in [1.165, 1.54) is 25.3 Å². The van der Waals surface area contributed by atoms with Crippen molar-refractivity contribution in [1.29, 1.82) is 0 Å². The van der Waals surface area contributed by atoms with Gasteiger partial charge >= 0.3 is 6.03 Å². The van der Waals surface area contributed by atoms with Gasteiger partial charge in [-0.25, -0.2) is 9.69 Å². The largest absolute Gasteiger partial charge is 0.493 e. The van der Waals surface area contributed by atoms with Crippen LogP contribution in [0.3, 0.4) is 0 Å². The SMILES string of the molecule is COc1cc(/C=C2\C(=O)NC(=O)N(c3cc4c5c(c3)[C@H](c3ccccc3)CCN5CC[C@@H]4c3ccccc3)C2=O)cc(Br)c1OCc1ccc([N+](=O)[O-])cc1. The second kappa shape index (κ2) is 14.9. The van der Waals surface area contributed by atoms with E-state index in [0.717, 1.165) is 58.8 Å². The molecule has 0 radical (unpaired) electrons. The topological polar surface area (TPSA) is 131 Å². The Morgan fingerprint density at radius 2 is 1.45 bits per heavy atom. The second-order valence-electron chi connectivity index (χ2n) is 13.7. The van der Waals surface area contributed by atoms with E-state index in [4.69, 9.17) is 9.47 Å². The molecule has 8 rings (SSSR count). The standard InChI is InChI=1S/C43H35BrN4O7/c1-54-38-22-27(21-37(44)40(38)55-25-26-12-14-30(15-13-26)48(52)53)20-36-41(49)45-43(51)47(42(36)50)31-23-34-32(28-8-4-2-5-9-28)16-18-46-19-17-33(35(24-31)39(34)46)29-10-6-3-7-11-29/h2-15,20-24,32-33H,16-19,25H2,1H3,(H,45,49,51)/b36-20+/t32-,33+. The maximum atomic E-state index is 14.4. The summed E-state index contributed by atoms with van der Waals surface area (Å²) in [4.78, 5) is 55.4. The first-order valence-corrected chi connectivity index (χ1v) is 18.7. The summed E-state index contributed by atoms with van der Waals surface area (Å²) in [5.41, 5.74) is 6.86. The van der Waals surface area contributed by atoms with Gasteiger partial charge in [0.25, 0.3) is 17.5 Å².